The second kappa shape index (κ2) is 6.07. The Balaban J connectivity index is 0.00000147. The number of nitrogens with zero attached hydrogens (tertiary/aromatic N) is 2. The average Bonchev–Trinajstić information content (AvgIpc) is 2.38. The maximum absolute atomic E-state index is 5.97. The number of halogens is 2. The minimum absolute atomic E-state index is 0. The first kappa shape index (κ1) is 14.6. The first-order valence-corrected chi connectivity index (χ1v) is 6.34. The fourth-order valence-corrected chi connectivity index (χ4v) is 2.16. The summed E-state index contributed by atoms with van der Waals surface area (Å²) in [5.74, 6) is 0.785. The molecule has 0 bridgehead atoms. The summed E-state index contributed by atoms with van der Waals surface area (Å²) < 4.78 is 0. The Hall–Kier alpha value is -1.84. The monoisotopic (exact) mass is 305 g/mol. The third-order valence-corrected chi connectivity index (χ3v) is 3.11. The highest BCUT2D eigenvalue weighted by Crippen LogP contribution is 2.25. The molecule has 0 spiro atoms. The number of rotatable bonds is 2. The summed E-state index contributed by atoms with van der Waals surface area (Å²) in [5.41, 5.74) is 3.04. The van der Waals surface area contributed by atoms with Gasteiger partial charge < -0.3 is 5.32 Å². The van der Waals surface area contributed by atoms with Crippen molar-refractivity contribution in [3.8, 4) is 0 Å². The largest absolute Gasteiger partial charge is 0.340 e. The van der Waals surface area contributed by atoms with Crippen molar-refractivity contribution in [2.45, 2.75) is 6.92 Å². The summed E-state index contributed by atoms with van der Waals surface area (Å²) in [4.78, 5) is 8.52. The van der Waals surface area contributed by atoms with Gasteiger partial charge in [0.25, 0.3) is 0 Å². The van der Waals surface area contributed by atoms with E-state index in [2.05, 4.69) is 34.3 Å². The minimum Gasteiger partial charge on any atom is -0.340 e. The van der Waals surface area contributed by atoms with Crippen molar-refractivity contribution in [3.05, 3.63) is 59.4 Å². The van der Waals surface area contributed by atoms with E-state index in [1.54, 1.807) is 0 Å². The van der Waals surface area contributed by atoms with Crippen molar-refractivity contribution in [2.75, 3.05) is 5.32 Å². The lowest BCUT2D eigenvalue weighted by atomic mass is 10.2. The molecule has 5 heteroatoms. The second-order valence-electron chi connectivity index (χ2n) is 4.38. The summed E-state index contributed by atoms with van der Waals surface area (Å²) in [5, 5.41) is 4.94. The highest BCUT2D eigenvalue weighted by molar-refractivity contribution is 6.31. The van der Waals surface area contributed by atoms with Crippen LogP contribution >= 0.6 is 24.0 Å². The van der Waals surface area contributed by atoms with E-state index in [0.717, 1.165) is 22.4 Å². The van der Waals surface area contributed by atoms with Gasteiger partial charge >= 0.3 is 0 Å². The van der Waals surface area contributed by atoms with E-state index >= 15 is 0 Å². The van der Waals surface area contributed by atoms with Crippen LogP contribution in [0.25, 0.3) is 10.9 Å². The van der Waals surface area contributed by atoms with E-state index in [1.165, 1.54) is 11.9 Å². The smallest absolute Gasteiger partial charge is 0.141 e. The average molecular weight is 306 g/mol. The van der Waals surface area contributed by atoms with Gasteiger partial charge in [0, 0.05) is 16.1 Å². The van der Waals surface area contributed by atoms with Gasteiger partial charge in [0.05, 0.1) is 5.52 Å². The van der Waals surface area contributed by atoms with Gasteiger partial charge in [-0.2, -0.15) is 0 Å². The maximum atomic E-state index is 5.97. The zero-order valence-electron chi connectivity index (χ0n) is 10.8. The van der Waals surface area contributed by atoms with Crippen LogP contribution < -0.4 is 5.32 Å². The van der Waals surface area contributed by atoms with Crippen LogP contribution in [-0.4, -0.2) is 9.97 Å². The molecule has 2 aromatic carbocycles. The number of aryl methyl sites for hydroxylation is 1. The van der Waals surface area contributed by atoms with Crippen LogP contribution in [-0.2, 0) is 0 Å². The maximum Gasteiger partial charge on any atom is 0.141 e. The van der Waals surface area contributed by atoms with Crippen molar-refractivity contribution < 1.29 is 0 Å². The van der Waals surface area contributed by atoms with Crippen molar-refractivity contribution in [3.63, 3.8) is 0 Å². The number of benzene rings is 2. The quantitative estimate of drug-likeness (QED) is 0.742. The van der Waals surface area contributed by atoms with E-state index < -0.39 is 0 Å². The molecule has 3 aromatic rings. The van der Waals surface area contributed by atoms with E-state index in [1.807, 2.05) is 30.3 Å². The van der Waals surface area contributed by atoms with Crippen LogP contribution in [0.1, 0.15) is 5.56 Å². The Morgan fingerprint density at radius 3 is 2.70 bits per heavy atom. The fraction of sp³-hybridized carbons (Fsp3) is 0.0667. The summed E-state index contributed by atoms with van der Waals surface area (Å²) >= 11 is 5.97. The molecular weight excluding hydrogens is 293 g/mol. The predicted octanol–water partition coefficient (Wildman–Crippen LogP) is 4.76. The van der Waals surface area contributed by atoms with Crippen LogP contribution in [0, 0.1) is 6.92 Å². The molecule has 1 aromatic heterocycles. The van der Waals surface area contributed by atoms with Gasteiger partial charge in [-0.05, 0) is 42.8 Å². The number of fused-ring (bicyclic) bond motifs is 1. The molecule has 0 amide bonds. The molecule has 0 unspecified atom stereocenters. The zero-order chi connectivity index (χ0) is 13.2. The second-order valence-corrected chi connectivity index (χ2v) is 4.81. The molecule has 0 aliphatic heterocycles. The zero-order valence-corrected chi connectivity index (χ0v) is 12.4. The van der Waals surface area contributed by atoms with Crippen LogP contribution in [0.4, 0.5) is 11.5 Å². The Morgan fingerprint density at radius 2 is 1.90 bits per heavy atom. The predicted molar refractivity (Wildman–Crippen MR) is 86.3 cm³/mol. The lowest BCUT2D eigenvalue weighted by molar-refractivity contribution is 1.22. The highest BCUT2D eigenvalue weighted by Gasteiger charge is 2.04. The molecule has 20 heavy (non-hydrogen) atoms. The van der Waals surface area contributed by atoms with Gasteiger partial charge in [-0.25, -0.2) is 9.97 Å². The molecule has 0 atom stereocenters. The third kappa shape index (κ3) is 3.00. The van der Waals surface area contributed by atoms with E-state index in [0.29, 0.717) is 5.02 Å². The molecule has 0 aliphatic rings. The summed E-state index contributed by atoms with van der Waals surface area (Å²) in [6.45, 7) is 2.06. The number of hydrogen-bond acceptors (Lipinski definition) is 3. The van der Waals surface area contributed by atoms with Gasteiger partial charge in [0.1, 0.15) is 12.1 Å². The number of hydrogen-bond donors (Lipinski definition) is 1. The molecular formula is C15H13Cl2N3. The number of anilines is 2. The highest BCUT2D eigenvalue weighted by atomic mass is 35.5. The topological polar surface area (TPSA) is 37.8 Å². The Labute approximate surface area is 128 Å². The lowest BCUT2D eigenvalue weighted by Gasteiger charge is -2.08. The molecule has 3 nitrogen and oxygen atoms in total. The third-order valence-electron chi connectivity index (χ3n) is 2.88. The van der Waals surface area contributed by atoms with Crippen molar-refractivity contribution >= 4 is 46.4 Å². The summed E-state index contributed by atoms with van der Waals surface area (Å²) in [6, 6.07) is 13.8. The Bertz CT molecular complexity index is 744. The van der Waals surface area contributed by atoms with Gasteiger partial charge in [-0.1, -0.05) is 23.7 Å². The van der Waals surface area contributed by atoms with Gasteiger partial charge in [0.2, 0.25) is 0 Å². The van der Waals surface area contributed by atoms with E-state index in [4.69, 9.17) is 11.6 Å². The Kier molecular flexibility index (Phi) is 4.42. The minimum atomic E-state index is 0. The van der Waals surface area contributed by atoms with E-state index in [9.17, 15) is 0 Å². The molecule has 0 radical (unpaired) electrons. The molecule has 3 rings (SSSR count). The van der Waals surface area contributed by atoms with Gasteiger partial charge in [-0.3, -0.25) is 0 Å². The Morgan fingerprint density at radius 1 is 1.05 bits per heavy atom. The van der Waals surface area contributed by atoms with Crippen LogP contribution in [0.5, 0.6) is 0 Å². The van der Waals surface area contributed by atoms with Crippen molar-refractivity contribution in [2.24, 2.45) is 0 Å². The number of nitrogens with one attached hydrogen (secondary N) is 1. The molecule has 102 valence electrons. The van der Waals surface area contributed by atoms with Crippen molar-refractivity contribution in [1.29, 1.82) is 0 Å². The standard InChI is InChI=1S/C15H12ClN3.ClH/c1-10-3-2-4-12(7-10)19-15-13-6-5-11(16)8-14(13)17-9-18-15;/h2-9H,1H3,(H,17,18,19);1H. The number of aromatic nitrogens is 2. The molecule has 0 aliphatic carbocycles. The van der Waals surface area contributed by atoms with Crippen LogP contribution in [0.15, 0.2) is 48.8 Å². The van der Waals surface area contributed by atoms with Gasteiger partial charge in [0.15, 0.2) is 0 Å². The van der Waals surface area contributed by atoms with Crippen molar-refractivity contribution in [1.82, 2.24) is 9.97 Å². The molecule has 0 fully saturated rings. The SMILES string of the molecule is Cc1cccc(Nc2ncnc3cc(Cl)ccc23)c1.Cl. The summed E-state index contributed by atoms with van der Waals surface area (Å²) in [7, 11) is 0. The van der Waals surface area contributed by atoms with Gasteiger partial charge in [-0.15, -0.1) is 12.4 Å². The molecule has 0 saturated carbocycles. The lowest BCUT2D eigenvalue weighted by Crippen LogP contribution is -1.96. The van der Waals surface area contributed by atoms with Crippen LogP contribution in [0.3, 0.4) is 0 Å². The first-order chi connectivity index (χ1) is 9.22. The fourth-order valence-electron chi connectivity index (χ4n) is 1.99. The molecule has 0 saturated heterocycles. The molecule has 1 heterocycles. The normalized spacial score (nSPS) is 10.1. The van der Waals surface area contributed by atoms with Crippen LogP contribution in [0.2, 0.25) is 5.02 Å². The molecule has 1 N–H and O–H groups in total. The first-order valence-electron chi connectivity index (χ1n) is 5.96. The van der Waals surface area contributed by atoms with E-state index in [-0.39, 0.29) is 12.4 Å². The summed E-state index contributed by atoms with van der Waals surface area (Å²) in [6.07, 6.45) is 1.54.